The van der Waals surface area contributed by atoms with E-state index in [1.807, 2.05) is 0 Å². The van der Waals surface area contributed by atoms with E-state index in [9.17, 15) is 26.7 Å². The average Bonchev–Trinajstić information content (AvgIpc) is 2.96. The largest absolute Gasteiger partial charge is 0.516 e. The maximum atomic E-state index is 13.0. The van der Waals surface area contributed by atoms with Gasteiger partial charge in [-0.3, -0.25) is 14.8 Å². The number of carbonyl (C=O) groups excluding carboxylic acids is 1. The SMILES string of the molecule is C=N/C=C\C1=C(CCl)CN(C(C)C(/C=N\CC(F)(F)C(F)(F)F)=C/C=C/O)C1=O. The van der Waals surface area contributed by atoms with Gasteiger partial charge in [-0.25, -0.2) is 0 Å². The molecule has 0 aromatic rings. The molecule has 0 aromatic carbocycles. The van der Waals surface area contributed by atoms with Crippen LogP contribution in [0.5, 0.6) is 0 Å². The molecule has 0 spiro atoms. The van der Waals surface area contributed by atoms with Gasteiger partial charge in [-0.05, 0) is 36.9 Å². The van der Waals surface area contributed by atoms with Gasteiger partial charge in [-0.2, -0.15) is 22.0 Å². The molecule has 0 fully saturated rings. The number of alkyl halides is 6. The molecule has 1 heterocycles. The van der Waals surface area contributed by atoms with Crippen molar-refractivity contribution >= 4 is 30.4 Å². The highest BCUT2D eigenvalue weighted by atomic mass is 35.5. The molecule has 0 saturated heterocycles. The molecule has 0 bridgehead atoms. The van der Waals surface area contributed by atoms with Gasteiger partial charge in [0.25, 0.3) is 5.91 Å². The maximum absolute atomic E-state index is 13.0. The fourth-order valence-electron chi connectivity index (χ4n) is 2.39. The minimum atomic E-state index is -5.73. The van der Waals surface area contributed by atoms with Crippen LogP contribution in [0.1, 0.15) is 6.92 Å². The minimum absolute atomic E-state index is 0.0489. The number of halogens is 6. The number of allylic oxidation sites excluding steroid dienone is 2. The third-order valence-electron chi connectivity index (χ3n) is 4.01. The van der Waals surface area contributed by atoms with Crippen LogP contribution in [0.15, 0.2) is 57.4 Å². The minimum Gasteiger partial charge on any atom is -0.516 e. The van der Waals surface area contributed by atoms with E-state index in [4.69, 9.17) is 16.7 Å². The van der Waals surface area contributed by atoms with Crippen molar-refractivity contribution in [3.05, 3.63) is 47.4 Å². The van der Waals surface area contributed by atoms with Crippen LogP contribution in [0, 0.1) is 0 Å². The highest BCUT2D eigenvalue weighted by molar-refractivity contribution is 6.20. The van der Waals surface area contributed by atoms with Crippen LogP contribution in [0.2, 0.25) is 0 Å². The summed E-state index contributed by atoms with van der Waals surface area (Å²) in [5.41, 5.74) is 1.00. The quantitative estimate of drug-likeness (QED) is 0.192. The van der Waals surface area contributed by atoms with Gasteiger partial charge < -0.3 is 10.0 Å². The Kier molecular flexibility index (Phi) is 8.75. The smallest absolute Gasteiger partial charge is 0.455 e. The Morgan fingerprint density at radius 2 is 2.03 bits per heavy atom. The summed E-state index contributed by atoms with van der Waals surface area (Å²) in [7, 11) is 0. The third-order valence-corrected chi connectivity index (χ3v) is 4.33. The molecule has 0 aromatic heterocycles. The van der Waals surface area contributed by atoms with Gasteiger partial charge in [0.1, 0.15) is 6.54 Å². The summed E-state index contributed by atoms with van der Waals surface area (Å²) in [5.74, 6) is -5.37. The number of aliphatic hydroxyl groups excluding tert-OH is 1. The molecule has 11 heteroatoms. The molecule has 1 aliphatic heterocycles. The van der Waals surface area contributed by atoms with Crippen molar-refractivity contribution in [1.29, 1.82) is 0 Å². The van der Waals surface area contributed by atoms with E-state index in [1.54, 1.807) is 0 Å². The molecular weight excluding hydrogens is 421 g/mol. The molecule has 1 aliphatic rings. The number of amides is 1. The monoisotopic (exact) mass is 439 g/mol. The summed E-state index contributed by atoms with van der Waals surface area (Å²) >= 11 is 5.86. The molecule has 160 valence electrons. The number of nitrogens with zero attached hydrogens (tertiary/aromatic N) is 3. The Morgan fingerprint density at radius 1 is 1.38 bits per heavy atom. The topological polar surface area (TPSA) is 65.3 Å². The van der Waals surface area contributed by atoms with Crippen molar-refractivity contribution in [2.75, 3.05) is 19.0 Å². The van der Waals surface area contributed by atoms with Crippen molar-refractivity contribution in [3.63, 3.8) is 0 Å². The summed E-state index contributed by atoms with van der Waals surface area (Å²) < 4.78 is 62.9. The van der Waals surface area contributed by atoms with Crippen molar-refractivity contribution in [2.24, 2.45) is 9.98 Å². The Bertz CT molecular complexity index is 770. The number of aliphatic imine (C=N–C) groups is 2. The summed E-state index contributed by atoms with van der Waals surface area (Å²) in [4.78, 5) is 20.7. The zero-order chi connectivity index (χ0) is 22.2. The summed E-state index contributed by atoms with van der Waals surface area (Å²) in [5, 5.41) is 8.82. The first kappa shape index (κ1) is 24.5. The van der Waals surface area contributed by atoms with Crippen LogP contribution in [-0.4, -0.2) is 66.0 Å². The van der Waals surface area contributed by atoms with E-state index in [2.05, 4.69) is 16.7 Å². The lowest BCUT2D eigenvalue weighted by Gasteiger charge is -2.26. The van der Waals surface area contributed by atoms with E-state index >= 15 is 0 Å². The molecule has 1 N–H and O–H groups in total. The van der Waals surface area contributed by atoms with Gasteiger partial charge in [0, 0.05) is 30.4 Å². The molecule has 1 unspecified atom stereocenters. The molecule has 0 radical (unpaired) electrons. The van der Waals surface area contributed by atoms with E-state index in [-0.39, 0.29) is 23.6 Å². The second-order valence-electron chi connectivity index (χ2n) is 5.94. The second-order valence-corrected chi connectivity index (χ2v) is 6.21. The zero-order valence-electron chi connectivity index (χ0n) is 15.3. The van der Waals surface area contributed by atoms with Crippen LogP contribution in [0.4, 0.5) is 22.0 Å². The summed E-state index contributed by atoms with van der Waals surface area (Å²) in [6.45, 7) is 3.12. The van der Waals surface area contributed by atoms with Crippen molar-refractivity contribution in [1.82, 2.24) is 4.90 Å². The molecular formula is C18H19ClF5N3O2. The Morgan fingerprint density at radius 3 is 2.55 bits per heavy atom. The van der Waals surface area contributed by atoms with Gasteiger partial charge in [0.15, 0.2) is 0 Å². The fraction of sp³-hybridized carbons (Fsp3) is 0.389. The van der Waals surface area contributed by atoms with Crippen LogP contribution in [-0.2, 0) is 4.79 Å². The van der Waals surface area contributed by atoms with Crippen LogP contribution in [0.3, 0.4) is 0 Å². The Hall–Kier alpha value is -2.49. The van der Waals surface area contributed by atoms with Crippen LogP contribution in [0.25, 0.3) is 0 Å². The lowest BCUT2D eigenvalue weighted by atomic mass is 10.1. The average molecular weight is 440 g/mol. The molecule has 0 aliphatic carbocycles. The summed E-state index contributed by atoms with van der Waals surface area (Å²) in [6, 6.07) is -0.761. The highest BCUT2D eigenvalue weighted by Gasteiger charge is 2.57. The number of hydrogen-bond acceptors (Lipinski definition) is 4. The Labute approximate surface area is 169 Å². The van der Waals surface area contributed by atoms with E-state index < -0.39 is 30.6 Å². The van der Waals surface area contributed by atoms with E-state index in [0.717, 1.165) is 12.3 Å². The third kappa shape index (κ3) is 6.25. The second kappa shape index (κ2) is 10.3. The van der Waals surface area contributed by atoms with Crippen molar-refractivity contribution < 1.29 is 31.9 Å². The standard InChI is InChI=1S/C18H19ClF5N3O2/c1-12(27-10-14(8-19)15(16(27)29)5-6-25-2)13(4-3-7-28)9-26-11-17(20,21)18(22,23)24/h3-7,9,12,28H,2,8,10-11H2,1H3/b6-5-,7-3+,13-4+,26-9-. The van der Waals surface area contributed by atoms with Gasteiger partial charge in [-0.1, -0.05) is 6.08 Å². The van der Waals surface area contributed by atoms with Gasteiger partial charge in [-0.15, -0.1) is 11.6 Å². The van der Waals surface area contributed by atoms with Crippen molar-refractivity contribution in [2.45, 2.75) is 25.1 Å². The zero-order valence-corrected chi connectivity index (χ0v) is 16.1. The first-order valence-electron chi connectivity index (χ1n) is 8.16. The molecule has 1 atom stereocenters. The van der Waals surface area contributed by atoms with Crippen LogP contribution < -0.4 is 0 Å². The lowest BCUT2D eigenvalue weighted by molar-refractivity contribution is -0.276. The van der Waals surface area contributed by atoms with Gasteiger partial charge >= 0.3 is 12.1 Å². The normalized spacial score (nSPS) is 18.1. The molecule has 29 heavy (non-hydrogen) atoms. The maximum Gasteiger partial charge on any atom is 0.455 e. The first-order valence-corrected chi connectivity index (χ1v) is 8.70. The molecule has 0 saturated carbocycles. The van der Waals surface area contributed by atoms with E-state index in [0.29, 0.717) is 11.8 Å². The van der Waals surface area contributed by atoms with Crippen LogP contribution >= 0.6 is 11.6 Å². The van der Waals surface area contributed by atoms with Gasteiger partial charge in [0.05, 0.1) is 12.3 Å². The fourth-order valence-corrected chi connectivity index (χ4v) is 2.62. The lowest BCUT2D eigenvalue weighted by Crippen LogP contribution is -2.39. The van der Waals surface area contributed by atoms with E-state index in [1.165, 1.54) is 30.2 Å². The number of rotatable bonds is 9. The molecule has 1 rings (SSSR count). The highest BCUT2D eigenvalue weighted by Crippen LogP contribution is 2.35. The number of carbonyl (C=O) groups is 1. The summed E-state index contributed by atoms with van der Waals surface area (Å²) in [6.07, 6.45) is 0.829. The Balaban J connectivity index is 3.09. The van der Waals surface area contributed by atoms with Crippen molar-refractivity contribution in [3.8, 4) is 0 Å². The first-order chi connectivity index (χ1) is 13.5. The number of hydrogen-bond donors (Lipinski definition) is 1. The predicted octanol–water partition coefficient (Wildman–Crippen LogP) is 4.23. The molecule has 1 amide bonds. The number of aliphatic hydroxyl groups is 1. The predicted molar refractivity (Wildman–Crippen MR) is 102 cm³/mol. The molecule has 5 nitrogen and oxygen atoms in total. The van der Waals surface area contributed by atoms with Gasteiger partial charge in [0.2, 0.25) is 0 Å².